The van der Waals surface area contributed by atoms with Crippen LogP contribution >= 0.6 is 0 Å². The number of likely N-dealkylation sites (N-methyl/N-ethyl adjacent to an activating group) is 3. The summed E-state index contributed by atoms with van der Waals surface area (Å²) in [5.41, 5.74) is 2.30. The minimum Gasteiger partial charge on any atom is -0.330 e. The molecule has 0 aliphatic carbocycles. The Morgan fingerprint density at radius 3 is 2.19 bits per heavy atom. The Kier molecular flexibility index (Phi) is 6.64. The Balaban J connectivity index is 1.53. The van der Waals surface area contributed by atoms with Gasteiger partial charge in [0, 0.05) is 59.4 Å². The molecule has 0 bridgehead atoms. The van der Waals surface area contributed by atoms with Crippen LogP contribution in [0.2, 0.25) is 0 Å². The summed E-state index contributed by atoms with van der Waals surface area (Å²) in [5, 5.41) is 0. The first-order chi connectivity index (χ1) is 12.5. The number of benzene rings is 1. The number of hydrogen-bond acceptors (Lipinski definition) is 5. The maximum absolute atomic E-state index is 4.80. The van der Waals surface area contributed by atoms with Crippen LogP contribution in [0.15, 0.2) is 24.3 Å². The van der Waals surface area contributed by atoms with Crippen LogP contribution in [0.25, 0.3) is 11.0 Å². The van der Waals surface area contributed by atoms with Crippen molar-refractivity contribution in [3.05, 3.63) is 30.1 Å². The van der Waals surface area contributed by atoms with Gasteiger partial charge in [0.1, 0.15) is 5.82 Å². The number of aryl methyl sites for hydroxylation is 1. The number of hydrogen-bond donors (Lipinski definition) is 0. The molecule has 0 unspecified atom stereocenters. The standard InChI is InChI=1S/C20H34N6/c1-22-9-10-23(2)12-15-26(14-11-22)16-13-24(3)17-20-21-18-7-5-6-8-19(18)25(20)4/h5-8H,9-17H2,1-4H3. The molecule has 2 heterocycles. The highest BCUT2D eigenvalue weighted by molar-refractivity contribution is 5.75. The molecule has 1 fully saturated rings. The topological polar surface area (TPSA) is 30.8 Å². The van der Waals surface area contributed by atoms with Crippen LogP contribution in [-0.2, 0) is 13.6 Å². The first-order valence-corrected chi connectivity index (χ1v) is 9.71. The Morgan fingerprint density at radius 2 is 1.54 bits per heavy atom. The summed E-state index contributed by atoms with van der Waals surface area (Å²) in [6, 6.07) is 8.37. The summed E-state index contributed by atoms with van der Waals surface area (Å²) >= 11 is 0. The number of imidazole rings is 1. The molecule has 1 aliphatic heterocycles. The second-order valence-electron chi connectivity index (χ2n) is 7.76. The zero-order chi connectivity index (χ0) is 18.5. The summed E-state index contributed by atoms with van der Waals surface area (Å²) in [7, 11) is 8.78. The van der Waals surface area contributed by atoms with Crippen LogP contribution in [0.5, 0.6) is 0 Å². The monoisotopic (exact) mass is 358 g/mol. The van der Waals surface area contributed by atoms with E-state index in [1.54, 1.807) is 0 Å². The van der Waals surface area contributed by atoms with Crippen LogP contribution < -0.4 is 0 Å². The van der Waals surface area contributed by atoms with Crippen molar-refractivity contribution in [3.63, 3.8) is 0 Å². The fraction of sp³-hybridized carbons (Fsp3) is 0.650. The maximum atomic E-state index is 4.80. The number of fused-ring (bicyclic) bond motifs is 1. The lowest BCUT2D eigenvalue weighted by Gasteiger charge is -2.26. The molecule has 0 spiro atoms. The molecular formula is C20H34N6. The predicted molar refractivity (Wildman–Crippen MR) is 108 cm³/mol. The van der Waals surface area contributed by atoms with Crippen LogP contribution in [0, 0.1) is 0 Å². The Bertz CT molecular complexity index is 683. The minimum atomic E-state index is 0.888. The summed E-state index contributed by atoms with van der Waals surface area (Å²) in [4.78, 5) is 14.7. The van der Waals surface area contributed by atoms with E-state index in [1.165, 1.54) is 5.52 Å². The van der Waals surface area contributed by atoms with Gasteiger partial charge in [-0.1, -0.05) is 12.1 Å². The predicted octanol–water partition coefficient (Wildman–Crippen LogP) is 1.18. The smallest absolute Gasteiger partial charge is 0.123 e. The van der Waals surface area contributed by atoms with Crippen molar-refractivity contribution in [2.24, 2.45) is 7.05 Å². The van der Waals surface area contributed by atoms with Crippen molar-refractivity contribution in [1.29, 1.82) is 0 Å². The molecule has 6 nitrogen and oxygen atoms in total. The quantitative estimate of drug-likeness (QED) is 0.801. The van der Waals surface area contributed by atoms with Gasteiger partial charge < -0.3 is 14.4 Å². The molecule has 1 saturated heterocycles. The molecule has 0 radical (unpaired) electrons. The first kappa shape index (κ1) is 19.3. The van der Waals surface area contributed by atoms with E-state index in [9.17, 15) is 0 Å². The van der Waals surface area contributed by atoms with Crippen LogP contribution in [-0.4, -0.2) is 103 Å². The van der Waals surface area contributed by atoms with Gasteiger partial charge in [-0.05, 0) is 33.3 Å². The second-order valence-corrected chi connectivity index (χ2v) is 7.76. The molecule has 26 heavy (non-hydrogen) atoms. The lowest BCUT2D eigenvalue weighted by Crippen LogP contribution is -2.39. The van der Waals surface area contributed by atoms with Gasteiger partial charge in [-0.25, -0.2) is 4.98 Å². The maximum Gasteiger partial charge on any atom is 0.123 e. The average Bonchev–Trinajstić information content (AvgIpc) is 2.97. The van der Waals surface area contributed by atoms with Gasteiger partial charge in [0.05, 0.1) is 17.6 Å². The van der Waals surface area contributed by atoms with E-state index < -0.39 is 0 Å². The van der Waals surface area contributed by atoms with E-state index in [4.69, 9.17) is 4.98 Å². The summed E-state index contributed by atoms with van der Waals surface area (Å²) in [6.07, 6.45) is 0. The minimum absolute atomic E-state index is 0.888. The third kappa shape index (κ3) is 5.04. The molecule has 3 rings (SSSR count). The van der Waals surface area contributed by atoms with Crippen LogP contribution in [0.3, 0.4) is 0 Å². The van der Waals surface area contributed by atoms with Gasteiger partial charge >= 0.3 is 0 Å². The highest BCUT2D eigenvalue weighted by atomic mass is 15.3. The van der Waals surface area contributed by atoms with Crippen molar-refractivity contribution >= 4 is 11.0 Å². The fourth-order valence-electron chi connectivity index (χ4n) is 3.49. The van der Waals surface area contributed by atoms with E-state index in [0.717, 1.165) is 70.2 Å². The SMILES string of the molecule is CN1CCN(C)CCN(CCN(C)Cc2nc3ccccc3n2C)CC1. The Morgan fingerprint density at radius 1 is 0.923 bits per heavy atom. The van der Waals surface area contributed by atoms with Crippen molar-refractivity contribution in [2.75, 3.05) is 73.5 Å². The number of rotatable bonds is 5. The van der Waals surface area contributed by atoms with Crippen molar-refractivity contribution in [1.82, 2.24) is 29.2 Å². The first-order valence-electron chi connectivity index (χ1n) is 9.71. The van der Waals surface area contributed by atoms with E-state index in [0.29, 0.717) is 0 Å². The molecule has 0 N–H and O–H groups in total. The molecule has 144 valence electrons. The van der Waals surface area contributed by atoms with E-state index >= 15 is 0 Å². The number of para-hydroxylation sites is 2. The van der Waals surface area contributed by atoms with E-state index in [-0.39, 0.29) is 0 Å². The molecule has 2 aromatic rings. The van der Waals surface area contributed by atoms with Gasteiger partial charge in [-0.2, -0.15) is 0 Å². The molecule has 1 aromatic heterocycles. The van der Waals surface area contributed by atoms with Gasteiger partial charge in [0.2, 0.25) is 0 Å². The molecule has 1 aliphatic rings. The molecule has 0 atom stereocenters. The largest absolute Gasteiger partial charge is 0.330 e. The molecule has 6 heteroatoms. The Hall–Kier alpha value is -1.47. The molecule has 1 aromatic carbocycles. The van der Waals surface area contributed by atoms with Gasteiger partial charge in [0.25, 0.3) is 0 Å². The Labute approximate surface area is 158 Å². The summed E-state index contributed by atoms with van der Waals surface area (Å²) in [5.74, 6) is 1.14. The molecule has 0 amide bonds. The third-order valence-corrected chi connectivity index (χ3v) is 5.55. The lowest BCUT2D eigenvalue weighted by atomic mass is 10.3. The fourth-order valence-corrected chi connectivity index (χ4v) is 3.49. The van der Waals surface area contributed by atoms with E-state index in [2.05, 4.69) is 76.6 Å². The zero-order valence-corrected chi connectivity index (χ0v) is 16.9. The summed E-state index contributed by atoms with van der Waals surface area (Å²) < 4.78 is 2.22. The number of aromatic nitrogens is 2. The molecular weight excluding hydrogens is 324 g/mol. The van der Waals surface area contributed by atoms with Gasteiger partial charge in [-0.3, -0.25) is 9.80 Å². The highest BCUT2D eigenvalue weighted by Gasteiger charge is 2.14. The second kappa shape index (κ2) is 8.95. The average molecular weight is 359 g/mol. The van der Waals surface area contributed by atoms with Crippen LogP contribution in [0.4, 0.5) is 0 Å². The van der Waals surface area contributed by atoms with Gasteiger partial charge in [0.15, 0.2) is 0 Å². The highest BCUT2D eigenvalue weighted by Crippen LogP contribution is 2.15. The number of nitrogens with zero attached hydrogens (tertiary/aromatic N) is 6. The van der Waals surface area contributed by atoms with E-state index in [1.807, 2.05) is 0 Å². The van der Waals surface area contributed by atoms with Crippen molar-refractivity contribution in [3.8, 4) is 0 Å². The van der Waals surface area contributed by atoms with Crippen molar-refractivity contribution < 1.29 is 0 Å². The third-order valence-electron chi connectivity index (χ3n) is 5.55. The van der Waals surface area contributed by atoms with Crippen molar-refractivity contribution in [2.45, 2.75) is 6.54 Å². The molecule has 0 saturated carbocycles. The van der Waals surface area contributed by atoms with Crippen LogP contribution in [0.1, 0.15) is 5.82 Å². The summed E-state index contributed by atoms with van der Waals surface area (Å²) in [6.45, 7) is 10.0. The zero-order valence-electron chi connectivity index (χ0n) is 16.9. The van der Waals surface area contributed by atoms with Gasteiger partial charge in [-0.15, -0.1) is 0 Å². The normalized spacial score (nSPS) is 19.0. The lowest BCUT2D eigenvalue weighted by molar-refractivity contribution is 0.199.